The summed E-state index contributed by atoms with van der Waals surface area (Å²) in [6.45, 7) is 4.27. The minimum absolute atomic E-state index is 0.590. The second-order valence-electron chi connectivity index (χ2n) is 12.3. The fourth-order valence-corrected chi connectivity index (χ4v) is 6.33. The number of oxazole rings is 3. The summed E-state index contributed by atoms with van der Waals surface area (Å²) in [6, 6.07) is 45.0. The molecule has 0 saturated heterocycles. The van der Waals surface area contributed by atoms with Crippen LogP contribution in [0.4, 0.5) is 17.1 Å². The zero-order valence-corrected chi connectivity index (χ0v) is 27.6. The monoisotopic (exact) mass is 652 g/mol. The van der Waals surface area contributed by atoms with Crippen LogP contribution >= 0.6 is 0 Å². The van der Waals surface area contributed by atoms with Gasteiger partial charge >= 0.3 is 0 Å². The zero-order chi connectivity index (χ0) is 33.6. The number of aryl methyl sites for hydroxylation is 2. The van der Waals surface area contributed by atoms with Crippen molar-refractivity contribution in [2.45, 2.75) is 26.7 Å². The summed E-state index contributed by atoms with van der Waals surface area (Å²) in [4.78, 5) is 16.4. The highest BCUT2D eigenvalue weighted by molar-refractivity contribution is 5.83. The van der Waals surface area contributed by atoms with Crippen molar-refractivity contribution in [3.63, 3.8) is 0 Å². The summed E-state index contributed by atoms with van der Waals surface area (Å²) in [5, 5.41) is 0. The normalized spacial score (nSPS) is 11.6. The molecule has 6 aromatic carbocycles. The van der Waals surface area contributed by atoms with Crippen molar-refractivity contribution in [2.24, 2.45) is 0 Å². The summed E-state index contributed by atoms with van der Waals surface area (Å²) in [5.41, 5.74) is 13.0. The van der Waals surface area contributed by atoms with Crippen molar-refractivity contribution in [1.82, 2.24) is 15.0 Å². The van der Waals surface area contributed by atoms with Gasteiger partial charge in [0.2, 0.25) is 17.7 Å². The number of para-hydroxylation sites is 2. The molecule has 0 aliphatic carbocycles. The first-order valence-electron chi connectivity index (χ1n) is 16.9. The van der Waals surface area contributed by atoms with Crippen LogP contribution in [0.3, 0.4) is 0 Å². The first-order valence-corrected chi connectivity index (χ1v) is 16.9. The third-order valence-electron chi connectivity index (χ3n) is 9.13. The Morgan fingerprint density at radius 1 is 0.420 bits per heavy atom. The van der Waals surface area contributed by atoms with Gasteiger partial charge < -0.3 is 18.2 Å². The SMILES string of the molecule is CCc1ccc2nc(-c3ccc(N(c4ccc(-c5nc6ccccc6o5)cc4)c4ccc(-c5nc6ccc(CC)cc6o5)cc4)cc3)oc2c1. The second kappa shape index (κ2) is 12.2. The van der Waals surface area contributed by atoms with Crippen LogP contribution < -0.4 is 4.90 Å². The van der Waals surface area contributed by atoms with Gasteiger partial charge in [-0.2, -0.15) is 0 Å². The molecule has 242 valence electrons. The van der Waals surface area contributed by atoms with E-state index in [1.54, 1.807) is 0 Å². The van der Waals surface area contributed by atoms with Crippen LogP contribution in [-0.2, 0) is 12.8 Å². The van der Waals surface area contributed by atoms with E-state index in [1.165, 1.54) is 11.1 Å². The molecule has 0 radical (unpaired) electrons. The number of hydrogen-bond acceptors (Lipinski definition) is 7. The molecule has 3 aromatic heterocycles. The van der Waals surface area contributed by atoms with Crippen molar-refractivity contribution in [2.75, 3.05) is 4.90 Å². The number of fused-ring (bicyclic) bond motifs is 3. The second-order valence-corrected chi connectivity index (χ2v) is 12.3. The molecule has 0 atom stereocenters. The van der Waals surface area contributed by atoms with E-state index >= 15 is 0 Å². The Morgan fingerprint density at radius 3 is 1.20 bits per heavy atom. The average molecular weight is 653 g/mol. The van der Waals surface area contributed by atoms with E-state index in [0.29, 0.717) is 17.7 Å². The van der Waals surface area contributed by atoms with Gasteiger partial charge in [-0.05, 0) is 133 Å². The van der Waals surface area contributed by atoms with Gasteiger partial charge in [-0.1, -0.05) is 38.1 Å². The Labute approximate surface area is 288 Å². The molecule has 9 rings (SSSR count). The molecule has 0 fully saturated rings. The highest BCUT2D eigenvalue weighted by Crippen LogP contribution is 2.38. The fraction of sp³-hybridized carbons (Fsp3) is 0.0930. The molecule has 9 aromatic rings. The fourth-order valence-electron chi connectivity index (χ4n) is 6.33. The topological polar surface area (TPSA) is 81.3 Å². The average Bonchev–Trinajstić information content (AvgIpc) is 3.92. The highest BCUT2D eigenvalue weighted by Gasteiger charge is 2.17. The zero-order valence-electron chi connectivity index (χ0n) is 27.6. The molecule has 0 unspecified atom stereocenters. The van der Waals surface area contributed by atoms with Gasteiger partial charge in [-0.25, -0.2) is 15.0 Å². The van der Waals surface area contributed by atoms with Gasteiger partial charge in [0.1, 0.15) is 16.6 Å². The standard InChI is InChI=1S/C43H32N4O3/c1-3-27-9-23-36-39(25-27)49-42(45-36)30-13-19-33(20-14-30)47(32-17-11-29(12-18-32)41-44-35-7-5-6-8-38(35)48-41)34-21-15-31(16-22-34)43-46-37-24-10-28(4-2)26-40(37)50-43/h5-26H,3-4H2,1-2H3. The maximum Gasteiger partial charge on any atom is 0.227 e. The van der Waals surface area contributed by atoms with Crippen molar-refractivity contribution in [3.05, 3.63) is 145 Å². The van der Waals surface area contributed by atoms with Crippen LogP contribution in [0.25, 0.3) is 67.7 Å². The lowest BCUT2D eigenvalue weighted by atomic mass is 10.1. The van der Waals surface area contributed by atoms with Gasteiger partial charge in [-0.3, -0.25) is 0 Å². The molecular formula is C43H32N4O3. The maximum atomic E-state index is 6.18. The quantitative estimate of drug-likeness (QED) is 0.161. The van der Waals surface area contributed by atoms with Crippen LogP contribution in [0.1, 0.15) is 25.0 Å². The van der Waals surface area contributed by atoms with E-state index < -0.39 is 0 Å². The minimum Gasteiger partial charge on any atom is -0.436 e. The Morgan fingerprint density at radius 2 is 0.800 bits per heavy atom. The van der Waals surface area contributed by atoms with Crippen LogP contribution in [0.15, 0.2) is 147 Å². The van der Waals surface area contributed by atoms with E-state index in [1.807, 2.05) is 48.5 Å². The summed E-state index contributed by atoms with van der Waals surface area (Å²) in [6.07, 6.45) is 1.89. The molecule has 7 nitrogen and oxygen atoms in total. The molecule has 0 N–H and O–H groups in total. The van der Waals surface area contributed by atoms with Gasteiger partial charge in [-0.15, -0.1) is 0 Å². The van der Waals surface area contributed by atoms with E-state index in [4.69, 9.17) is 28.2 Å². The molecule has 0 bridgehead atoms. The van der Waals surface area contributed by atoms with Gasteiger partial charge in [0.15, 0.2) is 16.7 Å². The minimum atomic E-state index is 0.590. The maximum absolute atomic E-state index is 6.18. The first kappa shape index (κ1) is 29.7. The van der Waals surface area contributed by atoms with Crippen molar-refractivity contribution in [3.8, 4) is 34.4 Å². The lowest BCUT2D eigenvalue weighted by molar-refractivity contribution is 0.619. The Bertz CT molecular complexity index is 2460. The largest absolute Gasteiger partial charge is 0.436 e. The third-order valence-corrected chi connectivity index (χ3v) is 9.13. The van der Waals surface area contributed by atoms with Gasteiger partial charge in [0.25, 0.3) is 0 Å². The van der Waals surface area contributed by atoms with E-state index in [-0.39, 0.29) is 0 Å². The molecule has 0 aliphatic heterocycles. The van der Waals surface area contributed by atoms with Gasteiger partial charge in [0, 0.05) is 33.8 Å². The van der Waals surface area contributed by atoms with Crippen LogP contribution in [0, 0.1) is 0 Å². The summed E-state index contributed by atoms with van der Waals surface area (Å²) in [7, 11) is 0. The molecule has 0 spiro atoms. The molecule has 3 heterocycles. The predicted octanol–water partition coefficient (Wildman–Crippen LogP) is 11.7. The predicted molar refractivity (Wildman–Crippen MR) is 199 cm³/mol. The summed E-state index contributed by atoms with van der Waals surface area (Å²) >= 11 is 0. The Balaban J connectivity index is 1.08. The highest BCUT2D eigenvalue weighted by atomic mass is 16.4. The van der Waals surface area contributed by atoms with E-state index in [2.05, 4.69) is 104 Å². The number of rotatable bonds is 8. The molecule has 0 aliphatic rings. The van der Waals surface area contributed by atoms with Crippen molar-refractivity contribution in [1.29, 1.82) is 0 Å². The van der Waals surface area contributed by atoms with E-state index in [9.17, 15) is 0 Å². The number of hydrogen-bond donors (Lipinski definition) is 0. The summed E-state index contributed by atoms with van der Waals surface area (Å²) < 4.78 is 18.4. The van der Waals surface area contributed by atoms with Crippen molar-refractivity contribution >= 4 is 50.4 Å². The first-order chi connectivity index (χ1) is 24.6. The molecule has 0 saturated carbocycles. The van der Waals surface area contributed by atoms with Gasteiger partial charge in [0.05, 0.1) is 0 Å². The van der Waals surface area contributed by atoms with Crippen LogP contribution in [-0.4, -0.2) is 15.0 Å². The lowest BCUT2D eigenvalue weighted by Gasteiger charge is -2.26. The number of nitrogens with zero attached hydrogens (tertiary/aromatic N) is 4. The summed E-state index contributed by atoms with van der Waals surface area (Å²) in [5.74, 6) is 1.79. The molecule has 50 heavy (non-hydrogen) atoms. The van der Waals surface area contributed by atoms with Crippen molar-refractivity contribution < 1.29 is 13.3 Å². The third kappa shape index (κ3) is 5.39. The molecular weight excluding hydrogens is 620 g/mol. The molecule has 0 amide bonds. The Hall–Kier alpha value is -6.47. The number of anilines is 3. The van der Waals surface area contributed by atoms with Crippen LogP contribution in [0.5, 0.6) is 0 Å². The smallest absolute Gasteiger partial charge is 0.227 e. The van der Waals surface area contributed by atoms with Crippen LogP contribution in [0.2, 0.25) is 0 Å². The lowest BCUT2D eigenvalue weighted by Crippen LogP contribution is -2.09. The molecule has 7 heteroatoms. The van der Waals surface area contributed by atoms with E-state index in [0.717, 1.165) is 79.9 Å². The Kier molecular flexibility index (Phi) is 7.24. The number of aromatic nitrogens is 3. The number of benzene rings is 6.